The molecule has 3 unspecified atom stereocenters. The monoisotopic (exact) mass is 200 g/mol. The summed E-state index contributed by atoms with van der Waals surface area (Å²) in [5.74, 6) is -0.245. The standard InChI is InChI=1S/C10H16O4/c1-5(2)9(13)6-3-7(11)10(14)8(12)4-6/h3,5,7-8,10-12,14H,4H2,1-2H3. The molecule has 0 heterocycles. The minimum absolute atomic E-state index is 0.0880. The minimum atomic E-state index is -1.18. The molecule has 1 aliphatic rings. The number of aliphatic hydroxyl groups excluding tert-OH is 3. The van der Waals surface area contributed by atoms with E-state index in [0.29, 0.717) is 5.57 Å². The molecule has 0 bridgehead atoms. The quantitative estimate of drug-likeness (QED) is 0.568. The molecule has 1 aliphatic carbocycles. The number of rotatable bonds is 2. The summed E-state index contributed by atoms with van der Waals surface area (Å²) in [5, 5.41) is 27.9. The Bertz CT molecular complexity index is 257. The second-order valence-electron chi connectivity index (χ2n) is 3.96. The molecule has 1 rings (SSSR count). The highest BCUT2D eigenvalue weighted by molar-refractivity contribution is 5.97. The third-order valence-corrected chi connectivity index (χ3v) is 2.39. The van der Waals surface area contributed by atoms with E-state index in [4.69, 9.17) is 0 Å². The predicted molar refractivity (Wildman–Crippen MR) is 50.6 cm³/mol. The highest BCUT2D eigenvalue weighted by atomic mass is 16.4. The molecule has 3 N–H and O–H groups in total. The molecule has 3 atom stereocenters. The summed E-state index contributed by atoms with van der Waals surface area (Å²) in [6.45, 7) is 3.51. The molecule has 0 aromatic heterocycles. The highest BCUT2D eigenvalue weighted by Crippen LogP contribution is 2.22. The lowest BCUT2D eigenvalue weighted by atomic mass is 9.87. The van der Waals surface area contributed by atoms with Crippen LogP contribution < -0.4 is 0 Å². The zero-order valence-corrected chi connectivity index (χ0v) is 8.34. The number of hydrogen-bond donors (Lipinski definition) is 3. The summed E-state index contributed by atoms with van der Waals surface area (Å²) in [6.07, 6.45) is -1.92. The lowest BCUT2D eigenvalue weighted by molar-refractivity contribution is -0.119. The summed E-state index contributed by atoms with van der Waals surface area (Å²) in [4.78, 5) is 11.5. The van der Waals surface area contributed by atoms with E-state index in [9.17, 15) is 20.1 Å². The van der Waals surface area contributed by atoms with Gasteiger partial charge in [-0.15, -0.1) is 0 Å². The summed E-state index contributed by atoms with van der Waals surface area (Å²) in [5.41, 5.74) is 0.408. The fourth-order valence-electron chi connectivity index (χ4n) is 1.50. The van der Waals surface area contributed by atoms with Crippen LogP contribution in [-0.2, 0) is 4.79 Å². The maximum Gasteiger partial charge on any atom is 0.161 e. The summed E-state index contributed by atoms with van der Waals surface area (Å²) >= 11 is 0. The number of carbonyl (C=O) groups excluding carboxylic acids is 1. The van der Waals surface area contributed by atoms with Crippen molar-refractivity contribution in [3.63, 3.8) is 0 Å². The van der Waals surface area contributed by atoms with Crippen LogP contribution in [0.2, 0.25) is 0 Å². The van der Waals surface area contributed by atoms with Crippen molar-refractivity contribution in [2.45, 2.75) is 38.6 Å². The SMILES string of the molecule is CC(C)C(=O)C1=CC(O)C(O)C(O)C1. The van der Waals surface area contributed by atoms with E-state index in [0.717, 1.165) is 0 Å². The molecule has 4 nitrogen and oxygen atoms in total. The first-order valence-corrected chi connectivity index (χ1v) is 4.72. The minimum Gasteiger partial charge on any atom is -0.390 e. The van der Waals surface area contributed by atoms with E-state index < -0.39 is 18.3 Å². The maximum atomic E-state index is 11.5. The third-order valence-electron chi connectivity index (χ3n) is 2.39. The van der Waals surface area contributed by atoms with E-state index in [1.54, 1.807) is 13.8 Å². The van der Waals surface area contributed by atoms with E-state index in [1.165, 1.54) is 6.08 Å². The van der Waals surface area contributed by atoms with Gasteiger partial charge in [-0.2, -0.15) is 0 Å². The zero-order chi connectivity index (χ0) is 10.9. The van der Waals surface area contributed by atoms with E-state index in [1.807, 2.05) is 0 Å². The van der Waals surface area contributed by atoms with Crippen molar-refractivity contribution in [1.29, 1.82) is 0 Å². The molecule has 14 heavy (non-hydrogen) atoms. The molecule has 0 aromatic carbocycles. The molecule has 0 saturated heterocycles. The molecule has 4 heteroatoms. The molecule has 0 aliphatic heterocycles. The Hall–Kier alpha value is -0.710. The van der Waals surface area contributed by atoms with Crippen LogP contribution in [0.3, 0.4) is 0 Å². The van der Waals surface area contributed by atoms with Gasteiger partial charge < -0.3 is 15.3 Å². The third kappa shape index (κ3) is 2.20. The molecule has 80 valence electrons. The topological polar surface area (TPSA) is 77.8 Å². The van der Waals surface area contributed by atoms with Gasteiger partial charge in [0.25, 0.3) is 0 Å². The van der Waals surface area contributed by atoms with Crippen LogP contribution in [0.25, 0.3) is 0 Å². The van der Waals surface area contributed by atoms with E-state index >= 15 is 0 Å². The van der Waals surface area contributed by atoms with Gasteiger partial charge in [-0.3, -0.25) is 4.79 Å². The molecule has 0 saturated carbocycles. The molecular weight excluding hydrogens is 184 g/mol. The van der Waals surface area contributed by atoms with Gasteiger partial charge >= 0.3 is 0 Å². The largest absolute Gasteiger partial charge is 0.390 e. The normalized spacial score (nSPS) is 33.0. The Morgan fingerprint density at radius 2 is 2.00 bits per heavy atom. The van der Waals surface area contributed by atoms with E-state index in [2.05, 4.69) is 0 Å². The van der Waals surface area contributed by atoms with Crippen LogP contribution in [-0.4, -0.2) is 39.4 Å². The van der Waals surface area contributed by atoms with Gasteiger partial charge in [0.05, 0.1) is 6.10 Å². The number of carbonyl (C=O) groups is 1. The lowest BCUT2D eigenvalue weighted by Gasteiger charge is -2.27. The summed E-state index contributed by atoms with van der Waals surface area (Å²) < 4.78 is 0. The van der Waals surface area contributed by atoms with Crippen LogP contribution >= 0.6 is 0 Å². The number of hydrogen-bond acceptors (Lipinski definition) is 4. The second-order valence-corrected chi connectivity index (χ2v) is 3.96. The van der Waals surface area contributed by atoms with Gasteiger partial charge in [-0.25, -0.2) is 0 Å². The Morgan fingerprint density at radius 3 is 2.43 bits per heavy atom. The average Bonchev–Trinajstić information content (AvgIpc) is 2.12. The van der Waals surface area contributed by atoms with Crippen molar-refractivity contribution < 1.29 is 20.1 Å². The predicted octanol–water partition coefficient (Wildman–Crippen LogP) is -0.376. The van der Waals surface area contributed by atoms with Crippen molar-refractivity contribution in [2.75, 3.05) is 0 Å². The van der Waals surface area contributed by atoms with Gasteiger partial charge in [0, 0.05) is 12.3 Å². The molecule has 0 spiro atoms. The first kappa shape index (κ1) is 11.4. The van der Waals surface area contributed by atoms with Crippen molar-refractivity contribution in [3.8, 4) is 0 Å². The summed E-state index contributed by atoms with van der Waals surface area (Å²) in [7, 11) is 0. The van der Waals surface area contributed by atoms with Crippen molar-refractivity contribution in [3.05, 3.63) is 11.6 Å². The van der Waals surface area contributed by atoms with Gasteiger partial charge in [0.15, 0.2) is 5.78 Å². The zero-order valence-electron chi connectivity index (χ0n) is 8.34. The van der Waals surface area contributed by atoms with Gasteiger partial charge in [-0.1, -0.05) is 13.8 Å². The van der Waals surface area contributed by atoms with Crippen LogP contribution in [0.5, 0.6) is 0 Å². The van der Waals surface area contributed by atoms with Gasteiger partial charge in [-0.05, 0) is 11.6 Å². The van der Waals surface area contributed by atoms with Crippen LogP contribution in [0.4, 0.5) is 0 Å². The summed E-state index contributed by atoms with van der Waals surface area (Å²) in [6, 6.07) is 0. The molecular formula is C10H16O4. The van der Waals surface area contributed by atoms with E-state index in [-0.39, 0.29) is 18.1 Å². The number of ketones is 1. The number of Topliss-reactive ketones (excluding diaryl/α,β-unsaturated/α-hetero) is 1. The van der Waals surface area contributed by atoms with Crippen molar-refractivity contribution in [1.82, 2.24) is 0 Å². The first-order valence-electron chi connectivity index (χ1n) is 4.72. The van der Waals surface area contributed by atoms with Crippen LogP contribution in [0, 0.1) is 5.92 Å². The fraction of sp³-hybridized carbons (Fsp3) is 0.700. The second kappa shape index (κ2) is 4.21. The van der Waals surface area contributed by atoms with Gasteiger partial charge in [0.1, 0.15) is 12.2 Å². The lowest BCUT2D eigenvalue weighted by Crippen LogP contribution is -2.41. The van der Waals surface area contributed by atoms with Crippen LogP contribution in [0.1, 0.15) is 20.3 Å². The number of aliphatic hydroxyl groups is 3. The smallest absolute Gasteiger partial charge is 0.161 e. The van der Waals surface area contributed by atoms with Crippen molar-refractivity contribution in [2.24, 2.45) is 5.92 Å². The van der Waals surface area contributed by atoms with Crippen LogP contribution in [0.15, 0.2) is 11.6 Å². The Balaban J connectivity index is 2.82. The molecule has 0 radical (unpaired) electrons. The first-order chi connectivity index (χ1) is 6.43. The molecule has 0 aromatic rings. The molecule has 0 fully saturated rings. The molecule has 0 amide bonds. The fourth-order valence-corrected chi connectivity index (χ4v) is 1.50. The maximum absolute atomic E-state index is 11.5. The Labute approximate surface area is 82.9 Å². The van der Waals surface area contributed by atoms with Crippen molar-refractivity contribution >= 4 is 5.78 Å². The Kier molecular flexibility index (Phi) is 3.42. The van der Waals surface area contributed by atoms with Gasteiger partial charge in [0.2, 0.25) is 0 Å². The Morgan fingerprint density at radius 1 is 1.43 bits per heavy atom. The highest BCUT2D eigenvalue weighted by Gasteiger charge is 2.31. The average molecular weight is 200 g/mol.